The summed E-state index contributed by atoms with van der Waals surface area (Å²) in [5.41, 5.74) is 5.97. The Kier molecular flexibility index (Phi) is 3.57. The molecule has 4 nitrogen and oxygen atoms in total. The first-order chi connectivity index (χ1) is 8.08. The number of halogens is 3. The van der Waals surface area contributed by atoms with Crippen molar-refractivity contribution in [1.29, 1.82) is 0 Å². The first-order valence-electron chi connectivity index (χ1n) is 4.48. The van der Waals surface area contributed by atoms with Crippen LogP contribution in [-0.2, 0) is 0 Å². The molecule has 1 heterocycles. The Hall–Kier alpha value is -1.23. The van der Waals surface area contributed by atoms with Crippen LogP contribution in [0.25, 0.3) is 0 Å². The van der Waals surface area contributed by atoms with E-state index in [2.05, 4.69) is 9.97 Å². The Balaban J connectivity index is 2.34. The molecule has 0 radical (unpaired) electrons. The summed E-state index contributed by atoms with van der Waals surface area (Å²) < 4.78 is 5.42. The molecule has 0 aliphatic heterocycles. The molecular weight excluding hydrogens is 284 g/mol. The Morgan fingerprint density at radius 1 is 1.06 bits per heavy atom. The fourth-order valence-electron chi connectivity index (χ4n) is 1.11. The van der Waals surface area contributed by atoms with Crippen LogP contribution in [0.4, 0.5) is 5.69 Å². The fourth-order valence-corrected chi connectivity index (χ4v) is 1.62. The summed E-state index contributed by atoms with van der Waals surface area (Å²) in [6, 6.07) is 4.73. The lowest BCUT2D eigenvalue weighted by Gasteiger charge is -2.08. The molecule has 17 heavy (non-hydrogen) atoms. The molecule has 0 unspecified atom stereocenters. The maximum atomic E-state index is 5.97. The van der Waals surface area contributed by atoms with Gasteiger partial charge in [-0.2, -0.15) is 4.98 Å². The van der Waals surface area contributed by atoms with Crippen molar-refractivity contribution in [2.45, 2.75) is 0 Å². The van der Waals surface area contributed by atoms with Gasteiger partial charge in [0, 0.05) is 12.3 Å². The molecule has 2 N–H and O–H groups in total. The number of anilines is 1. The molecule has 0 amide bonds. The van der Waals surface area contributed by atoms with Crippen molar-refractivity contribution in [3.8, 4) is 11.6 Å². The topological polar surface area (TPSA) is 61.0 Å². The lowest BCUT2D eigenvalue weighted by atomic mass is 10.3. The third-order valence-electron chi connectivity index (χ3n) is 1.89. The Labute approximate surface area is 112 Å². The average molecular weight is 291 g/mol. The highest BCUT2D eigenvalue weighted by Crippen LogP contribution is 2.37. The SMILES string of the molecule is Nc1ccc(Oc2ccnc(Cl)n2)c(Cl)c1Cl. The quantitative estimate of drug-likeness (QED) is 0.675. The first kappa shape index (κ1) is 12.2. The fraction of sp³-hybridized carbons (Fsp3) is 0. The average Bonchev–Trinajstić information content (AvgIpc) is 2.30. The minimum atomic E-state index is 0.0835. The van der Waals surface area contributed by atoms with E-state index in [0.29, 0.717) is 11.4 Å². The zero-order chi connectivity index (χ0) is 12.4. The maximum Gasteiger partial charge on any atom is 0.225 e. The number of aromatic nitrogens is 2. The van der Waals surface area contributed by atoms with Crippen molar-refractivity contribution in [3.63, 3.8) is 0 Å². The normalized spacial score (nSPS) is 10.3. The third kappa shape index (κ3) is 2.72. The number of nitrogens with zero attached hydrogens (tertiary/aromatic N) is 2. The van der Waals surface area contributed by atoms with Gasteiger partial charge in [0.25, 0.3) is 0 Å². The molecule has 2 rings (SSSR count). The number of nitrogens with two attached hydrogens (primary N) is 1. The van der Waals surface area contributed by atoms with Crippen LogP contribution in [0, 0.1) is 0 Å². The molecule has 88 valence electrons. The van der Waals surface area contributed by atoms with Gasteiger partial charge in [0.15, 0.2) is 0 Å². The van der Waals surface area contributed by atoms with Crippen LogP contribution < -0.4 is 10.5 Å². The van der Waals surface area contributed by atoms with Crippen molar-refractivity contribution in [3.05, 3.63) is 39.7 Å². The van der Waals surface area contributed by atoms with Crippen LogP contribution in [0.15, 0.2) is 24.4 Å². The Bertz CT molecular complexity index is 562. The van der Waals surface area contributed by atoms with E-state index in [1.54, 1.807) is 18.2 Å². The highest BCUT2D eigenvalue weighted by molar-refractivity contribution is 6.44. The largest absolute Gasteiger partial charge is 0.437 e. The number of benzene rings is 1. The van der Waals surface area contributed by atoms with Crippen molar-refractivity contribution < 1.29 is 4.74 Å². The maximum absolute atomic E-state index is 5.97. The minimum Gasteiger partial charge on any atom is -0.437 e. The summed E-state index contributed by atoms with van der Waals surface area (Å²) in [6.45, 7) is 0. The van der Waals surface area contributed by atoms with Gasteiger partial charge in [-0.3, -0.25) is 0 Å². The van der Waals surface area contributed by atoms with Crippen LogP contribution in [0.5, 0.6) is 11.6 Å². The number of rotatable bonds is 2. The van der Waals surface area contributed by atoms with E-state index >= 15 is 0 Å². The molecule has 0 spiro atoms. The molecule has 1 aromatic heterocycles. The van der Waals surface area contributed by atoms with Gasteiger partial charge < -0.3 is 10.5 Å². The van der Waals surface area contributed by atoms with Gasteiger partial charge in [0.1, 0.15) is 10.8 Å². The van der Waals surface area contributed by atoms with E-state index in [1.807, 2.05) is 0 Å². The van der Waals surface area contributed by atoms with Crippen molar-refractivity contribution >= 4 is 40.5 Å². The zero-order valence-electron chi connectivity index (χ0n) is 8.32. The molecule has 0 saturated carbocycles. The molecule has 0 atom stereocenters. The standard InChI is InChI=1S/C10H6Cl3N3O/c11-8-5(14)1-2-6(9(8)12)17-7-3-4-15-10(13)16-7/h1-4H,14H2. The van der Waals surface area contributed by atoms with Crippen LogP contribution >= 0.6 is 34.8 Å². The number of hydrogen-bond donors (Lipinski definition) is 1. The van der Waals surface area contributed by atoms with Gasteiger partial charge in [-0.25, -0.2) is 4.98 Å². The van der Waals surface area contributed by atoms with Crippen molar-refractivity contribution in [2.24, 2.45) is 0 Å². The lowest BCUT2D eigenvalue weighted by Crippen LogP contribution is -1.93. The lowest BCUT2D eigenvalue weighted by molar-refractivity contribution is 0.462. The van der Waals surface area contributed by atoms with Gasteiger partial charge in [-0.1, -0.05) is 23.2 Å². The van der Waals surface area contributed by atoms with Gasteiger partial charge in [0.05, 0.1) is 10.7 Å². The predicted octanol–water partition coefficient (Wildman–Crippen LogP) is 3.81. The van der Waals surface area contributed by atoms with Gasteiger partial charge in [-0.05, 0) is 23.7 Å². The van der Waals surface area contributed by atoms with Crippen molar-refractivity contribution in [2.75, 3.05) is 5.73 Å². The molecule has 0 fully saturated rings. The van der Waals surface area contributed by atoms with E-state index in [9.17, 15) is 0 Å². The van der Waals surface area contributed by atoms with E-state index in [1.165, 1.54) is 6.20 Å². The number of hydrogen-bond acceptors (Lipinski definition) is 4. The Morgan fingerprint density at radius 2 is 1.82 bits per heavy atom. The second-order valence-corrected chi connectivity index (χ2v) is 4.14. The predicted molar refractivity (Wildman–Crippen MR) is 68.0 cm³/mol. The molecular formula is C10H6Cl3N3O. The minimum absolute atomic E-state index is 0.0835. The molecule has 0 aliphatic rings. The summed E-state index contributed by atoms with van der Waals surface area (Å²) in [7, 11) is 0. The summed E-state index contributed by atoms with van der Waals surface area (Å²) in [5, 5.41) is 0.547. The highest BCUT2D eigenvalue weighted by Gasteiger charge is 2.10. The van der Waals surface area contributed by atoms with Gasteiger partial charge in [0.2, 0.25) is 11.2 Å². The van der Waals surface area contributed by atoms with Gasteiger partial charge in [-0.15, -0.1) is 0 Å². The van der Waals surface area contributed by atoms with Gasteiger partial charge >= 0.3 is 0 Å². The van der Waals surface area contributed by atoms with E-state index in [0.717, 1.165) is 0 Å². The molecule has 7 heteroatoms. The van der Waals surface area contributed by atoms with Crippen LogP contribution in [0.3, 0.4) is 0 Å². The van der Waals surface area contributed by atoms with E-state index in [-0.39, 0.29) is 21.2 Å². The smallest absolute Gasteiger partial charge is 0.225 e. The molecule has 1 aromatic carbocycles. The molecule has 0 bridgehead atoms. The Morgan fingerprint density at radius 3 is 2.53 bits per heavy atom. The van der Waals surface area contributed by atoms with E-state index < -0.39 is 0 Å². The second kappa shape index (κ2) is 4.96. The summed E-state index contributed by atoms with van der Waals surface area (Å²) in [5.74, 6) is 0.619. The third-order valence-corrected chi connectivity index (χ3v) is 2.95. The molecule has 2 aromatic rings. The second-order valence-electron chi connectivity index (χ2n) is 3.05. The number of ether oxygens (including phenoxy) is 1. The van der Waals surface area contributed by atoms with Crippen LogP contribution in [0.2, 0.25) is 15.3 Å². The molecule has 0 saturated heterocycles. The highest BCUT2D eigenvalue weighted by atomic mass is 35.5. The first-order valence-corrected chi connectivity index (χ1v) is 5.61. The van der Waals surface area contributed by atoms with E-state index in [4.69, 9.17) is 45.3 Å². The summed E-state index contributed by atoms with van der Waals surface area (Å²) in [4.78, 5) is 7.59. The molecule has 0 aliphatic carbocycles. The zero-order valence-corrected chi connectivity index (χ0v) is 10.6. The summed E-state index contributed by atoms with van der Waals surface area (Å²) in [6.07, 6.45) is 1.47. The monoisotopic (exact) mass is 289 g/mol. The number of nitrogen functional groups attached to an aromatic ring is 1. The van der Waals surface area contributed by atoms with Crippen LogP contribution in [-0.4, -0.2) is 9.97 Å². The van der Waals surface area contributed by atoms with Crippen LogP contribution in [0.1, 0.15) is 0 Å². The summed E-state index contributed by atoms with van der Waals surface area (Å²) >= 11 is 17.5. The van der Waals surface area contributed by atoms with Crippen molar-refractivity contribution in [1.82, 2.24) is 9.97 Å².